The van der Waals surface area contributed by atoms with Crippen LogP contribution >= 0.6 is 31.9 Å². The van der Waals surface area contributed by atoms with Crippen LogP contribution in [0.5, 0.6) is 0 Å². The monoisotopic (exact) mass is 327 g/mol. The maximum absolute atomic E-state index is 11.0. The molecule has 0 heterocycles. The Balaban J connectivity index is 3.50. The summed E-state index contributed by atoms with van der Waals surface area (Å²) in [5, 5.41) is 5.00. The molecule has 1 aromatic carbocycles. The van der Waals surface area contributed by atoms with Crippen LogP contribution in [0.1, 0.15) is 5.56 Å². The molecule has 3 nitrogen and oxygen atoms in total. The quantitative estimate of drug-likeness (QED) is 0.858. The van der Waals surface area contributed by atoms with Crippen molar-refractivity contribution in [3.05, 3.63) is 26.6 Å². The number of rotatable bonds is 1. The molecule has 1 aromatic rings. The first-order valence-corrected chi connectivity index (χ1v) is 6.44. The van der Waals surface area contributed by atoms with Gasteiger partial charge in [-0.3, -0.25) is 0 Å². The Labute approximate surface area is 93.6 Å². The van der Waals surface area contributed by atoms with Crippen LogP contribution in [0.3, 0.4) is 0 Å². The maximum Gasteiger partial charge on any atom is 0.239 e. The molecule has 0 saturated heterocycles. The summed E-state index contributed by atoms with van der Waals surface area (Å²) in [6, 6.07) is 3.18. The van der Waals surface area contributed by atoms with E-state index < -0.39 is 10.0 Å². The summed E-state index contributed by atoms with van der Waals surface area (Å²) in [5.74, 6) is 0. The third-order valence-electron chi connectivity index (χ3n) is 1.52. The molecule has 0 aliphatic heterocycles. The van der Waals surface area contributed by atoms with Crippen LogP contribution < -0.4 is 5.14 Å². The summed E-state index contributed by atoms with van der Waals surface area (Å²) in [6.07, 6.45) is 0. The molecule has 0 aliphatic rings. The Bertz CT molecular complexity index is 442. The number of hydrogen-bond acceptors (Lipinski definition) is 2. The second-order valence-electron chi connectivity index (χ2n) is 2.58. The lowest BCUT2D eigenvalue weighted by Crippen LogP contribution is -2.13. The molecule has 0 aromatic heterocycles. The zero-order valence-electron chi connectivity index (χ0n) is 6.71. The highest BCUT2D eigenvalue weighted by molar-refractivity contribution is 9.11. The van der Waals surface area contributed by atoms with E-state index in [9.17, 15) is 8.42 Å². The topological polar surface area (TPSA) is 60.2 Å². The van der Waals surface area contributed by atoms with E-state index in [1.165, 1.54) is 6.07 Å². The highest BCUT2D eigenvalue weighted by atomic mass is 79.9. The summed E-state index contributed by atoms with van der Waals surface area (Å²) in [4.78, 5) is 0.0879. The second-order valence-corrected chi connectivity index (χ2v) is 5.82. The van der Waals surface area contributed by atoms with E-state index in [1.807, 2.05) is 6.92 Å². The fourth-order valence-corrected chi connectivity index (χ4v) is 3.09. The van der Waals surface area contributed by atoms with Gasteiger partial charge in [0, 0.05) is 8.95 Å². The standard InChI is InChI=1S/C7H7Br2NO2S/c1-4-2-6(9)7(3-5(4)8)13(10,11)12/h2-3H,1H3,(H2,10,11,12). The van der Waals surface area contributed by atoms with Gasteiger partial charge >= 0.3 is 0 Å². The first-order valence-electron chi connectivity index (χ1n) is 3.31. The molecule has 0 fully saturated rings. The lowest BCUT2D eigenvalue weighted by Gasteiger charge is -2.04. The lowest BCUT2D eigenvalue weighted by atomic mass is 10.2. The van der Waals surface area contributed by atoms with Crippen LogP contribution in [0.15, 0.2) is 26.0 Å². The molecule has 72 valence electrons. The first-order chi connectivity index (χ1) is 5.82. The largest absolute Gasteiger partial charge is 0.239 e. The fourth-order valence-electron chi connectivity index (χ4n) is 0.846. The molecule has 1 rings (SSSR count). The second kappa shape index (κ2) is 3.68. The predicted octanol–water partition coefficient (Wildman–Crippen LogP) is 2.17. The number of benzene rings is 1. The van der Waals surface area contributed by atoms with E-state index in [-0.39, 0.29) is 4.90 Å². The van der Waals surface area contributed by atoms with E-state index in [1.54, 1.807) is 6.07 Å². The van der Waals surface area contributed by atoms with Crippen LogP contribution in [-0.2, 0) is 10.0 Å². The van der Waals surface area contributed by atoms with E-state index in [4.69, 9.17) is 5.14 Å². The Morgan fingerprint density at radius 2 is 1.77 bits per heavy atom. The van der Waals surface area contributed by atoms with Gasteiger partial charge in [-0.15, -0.1) is 0 Å². The Morgan fingerprint density at radius 1 is 1.23 bits per heavy atom. The zero-order chi connectivity index (χ0) is 10.2. The number of aryl methyl sites for hydroxylation is 1. The minimum absolute atomic E-state index is 0.0879. The Kier molecular flexibility index (Phi) is 3.16. The number of halogens is 2. The SMILES string of the molecule is Cc1cc(Br)c(S(N)(=O)=O)cc1Br. The Hall–Kier alpha value is 0.0900. The molecule has 13 heavy (non-hydrogen) atoms. The van der Waals surface area contributed by atoms with E-state index >= 15 is 0 Å². The van der Waals surface area contributed by atoms with Gasteiger partial charge in [0.2, 0.25) is 10.0 Å². The average molecular weight is 329 g/mol. The predicted molar refractivity (Wildman–Crippen MR) is 58.0 cm³/mol. The van der Waals surface area contributed by atoms with Crippen LogP contribution in [0.4, 0.5) is 0 Å². The summed E-state index contributed by atoms with van der Waals surface area (Å²) < 4.78 is 23.3. The van der Waals surface area contributed by atoms with Crippen LogP contribution in [0.2, 0.25) is 0 Å². The number of primary sulfonamides is 1. The Morgan fingerprint density at radius 3 is 2.23 bits per heavy atom. The van der Waals surface area contributed by atoms with Crippen molar-refractivity contribution in [2.24, 2.45) is 5.14 Å². The van der Waals surface area contributed by atoms with Crippen molar-refractivity contribution in [2.75, 3.05) is 0 Å². The number of sulfonamides is 1. The van der Waals surface area contributed by atoms with Gasteiger partial charge in [0.15, 0.2) is 0 Å². The van der Waals surface area contributed by atoms with Crippen molar-refractivity contribution in [2.45, 2.75) is 11.8 Å². The minimum Gasteiger partial charge on any atom is -0.225 e. The van der Waals surface area contributed by atoms with Crippen molar-refractivity contribution < 1.29 is 8.42 Å². The first kappa shape index (κ1) is 11.2. The zero-order valence-corrected chi connectivity index (χ0v) is 10.7. The highest BCUT2D eigenvalue weighted by Crippen LogP contribution is 2.27. The third kappa shape index (κ3) is 2.52. The van der Waals surface area contributed by atoms with E-state index in [0.717, 1.165) is 10.0 Å². The molecule has 0 bridgehead atoms. The molecule has 0 aliphatic carbocycles. The van der Waals surface area contributed by atoms with Crippen molar-refractivity contribution >= 4 is 41.9 Å². The highest BCUT2D eigenvalue weighted by Gasteiger charge is 2.13. The fraction of sp³-hybridized carbons (Fsp3) is 0.143. The van der Waals surface area contributed by atoms with Crippen LogP contribution in [0.25, 0.3) is 0 Å². The van der Waals surface area contributed by atoms with Crippen molar-refractivity contribution in [1.82, 2.24) is 0 Å². The molecule has 0 spiro atoms. The van der Waals surface area contributed by atoms with E-state index in [2.05, 4.69) is 31.9 Å². The molecule has 0 atom stereocenters. The molecule has 2 N–H and O–H groups in total. The van der Waals surface area contributed by atoms with Gasteiger partial charge < -0.3 is 0 Å². The summed E-state index contributed by atoms with van der Waals surface area (Å²) in [7, 11) is -3.65. The minimum atomic E-state index is -3.65. The van der Waals surface area contributed by atoms with E-state index in [0.29, 0.717) is 4.47 Å². The molecule has 0 radical (unpaired) electrons. The van der Waals surface area contributed by atoms with Gasteiger partial charge in [0.25, 0.3) is 0 Å². The van der Waals surface area contributed by atoms with Gasteiger partial charge in [0.05, 0.1) is 4.90 Å². The maximum atomic E-state index is 11.0. The molecule has 0 unspecified atom stereocenters. The molecule has 0 amide bonds. The van der Waals surface area contributed by atoms with Crippen molar-refractivity contribution in [3.8, 4) is 0 Å². The number of hydrogen-bond donors (Lipinski definition) is 1. The summed E-state index contributed by atoms with van der Waals surface area (Å²) in [5.41, 5.74) is 0.944. The molecular formula is C7H7Br2NO2S. The molecule has 6 heteroatoms. The van der Waals surface area contributed by atoms with Crippen molar-refractivity contribution in [3.63, 3.8) is 0 Å². The lowest BCUT2D eigenvalue weighted by molar-refractivity contribution is 0.597. The van der Waals surface area contributed by atoms with Crippen molar-refractivity contribution in [1.29, 1.82) is 0 Å². The number of nitrogens with two attached hydrogens (primary N) is 1. The molecular weight excluding hydrogens is 322 g/mol. The molecule has 0 saturated carbocycles. The van der Waals surface area contributed by atoms with Gasteiger partial charge in [-0.25, -0.2) is 13.6 Å². The average Bonchev–Trinajstić information content (AvgIpc) is 1.94. The van der Waals surface area contributed by atoms with Gasteiger partial charge in [-0.05, 0) is 40.5 Å². The van der Waals surface area contributed by atoms with Gasteiger partial charge in [-0.1, -0.05) is 15.9 Å². The van der Waals surface area contributed by atoms with Gasteiger partial charge in [0.1, 0.15) is 0 Å². The van der Waals surface area contributed by atoms with Crippen LogP contribution in [0, 0.1) is 6.92 Å². The summed E-state index contributed by atoms with van der Waals surface area (Å²) >= 11 is 6.37. The third-order valence-corrected chi connectivity index (χ3v) is 4.24. The van der Waals surface area contributed by atoms with Gasteiger partial charge in [-0.2, -0.15) is 0 Å². The van der Waals surface area contributed by atoms with Crippen LogP contribution in [-0.4, -0.2) is 8.42 Å². The normalized spacial score (nSPS) is 11.7. The smallest absolute Gasteiger partial charge is 0.225 e. The summed E-state index contributed by atoms with van der Waals surface area (Å²) in [6.45, 7) is 1.86.